The van der Waals surface area contributed by atoms with Gasteiger partial charge in [-0.15, -0.1) is 0 Å². The van der Waals surface area contributed by atoms with Crippen molar-refractivity contribution in [3.05, 3.63) is 90.0 Å². The molecule has 0 aliphatic carbocycles. The van der Waals surface area contributed by atoms with E-state index < -0.39 is 0 Å². The lowest BCUT2D eigenvalue weighted by Gasteiger charge is -2.35. The molecule has 5 nitrogen and oxygen atoms in total. The summed E-state index contributed by atoms with van der Waals surface area (Å²) in [7, 11) is 1.70. The largest absolute Gasteiger partial charge is 0.497 e. The summed E-state index contributed by atoms with van der Waals surface area (Å²) in [6, 6.07) is 28.8. The van der Waals surface area contributed by atoms with Crippen molar-refractivity contribution in [3.63, 3.8) is 0 Å². The van der Waals surface area contributed by atoms with Gasteiger partial charge in [0.1, 0.15) is 11.6 Å². The summed E-state index contributed by atoms with van der Waals surface area (Å²) in [4.78, 5) is 9.92. The summed E-state index contributed by atoms with van der Waals surface area (Å²) < 4.78 is 5.26. The van der Waals surface area contributed by atoms with Gasteiger partial charge in [-0.2, -0.15) is 5.26 Å². The number of benzene rings is 3. The van der Waals surface area contributed by atoms with Crippen molar-refractivity contribution in [1.82, 2.24) is 9.88 Å². The van der Waals surface area contributed by atoms with Crippen LogP contribution in [-0.2, 0) is 6.54 Å². The first kappa shape index (κ1) is 21.0. The smallest absolute Gasteiger partial charge is 0.129 e. The molecule has 1 aliphatic rings. The van der Waals surface area contributed by atoms with Gasteiger partial charge < -0.3 is 9.64 Å². The maximum absolute atomic E-state index is 9.29. The highest BCUT2D eigenvalue weighted by atomic mass is 16.5. The maximum atomic E-state index is 9.29. The van der Waals surface area contributed by atoms with Crippen LogP contribution in [0.2, 0.25) is 0 Å². The number of piperazine rings is 1. The van der Waals surface area contributed by atoms with Crippen LogP contribution < -0.4 is 9.64 Å². The van der Waals surface area contributed by atoms with Crippen molar-refractivity contribution < 1.29 is 4.74 Å². The van der Waals surface area contributed by atoms with Gasteiger partial charge in [0.2, 0.25) is 0 Å². The molecule has 33 heavy (non-hydrogen) atoms. The molecule has 2 heterocycles. The molecular weight excluding hydrogens is 408 g/mol. The van der Waals surface area contributed by atoms with Crippen LogP contribution in [0.1, 0.15) is 11.1 Å². The Morgan fingerprint density at radius 2 is 1.70 bits per heavy atom. The van der Waals surface area contributed by atoms with E-state index in [1.807, 2.05) is 36.4 Å². The maximum Gasteiger partial charge on any atom is 0.129 e. The van der Waals surface area contributed by atoms with E-state index in [-0.39, 0.29) is 0 Å². The molecule has 0 atom stereocenters. The van der Waals surface area contributed by atoms with Gasteiger partial charge in [0, 0.05) is 43.7 Å². The zero-order chi connectivity index (χ0) is 22.6. The van der Waals surface area contributed by atoms with Gasteiger partial charge in [-0.1, -0.05) is 42.5 Å². The van der Waals surface area contributed by atoms with E-state index in [4.69, 9.17) is 9.72 Å². The third-order valence-corrected chi connectivity index (χ3v) is 6.27. The second-order valence-corrected chi connectivity index (χ2v) is 8.35. The van der Waals surface area contributed by atoms with Crippen molar-refractivity contribution >= 4 is 16.7 Å². The van der Waals surface area contributed by atoms with Gasteiger partial charge in [-0.05, 0) is 47.5 Å². The Hall–Kier alpha value is -3.88. The van der Waals surface area contributed by atoms with E-state index in [0.29, 0.717) is 5.56 Å². The average molecular weight is 435 g/mol. The monoisotopic (exact) mass is 434 g/mol. The lowest BCUT2D eigenvalue weighted by Crippen LogP contribution is -2.46. The summed E-state index contributed by atoms with van der Waals surface area (Å²) >= 11 is 0. The van der Waals surface area contributed by atoms with Crippen LogP contribution >= 0.6 is 0 Å². The Morgan fingerprint density at radius 3 is 2.45 bits per heavy atom. The minimum Gasteiger partial charge on any atom is -0.497 e. The molecule has 0 unspecified atom stereocenters. The molecule has 3 aromatic carbocycles. The zero-order valence-corrected chi connectivity index (χ0v) is 18.7. The van der Waals surface area contributed by atoms with E-state index in [0.717, 1.165) is 66.3 Å². The summed E-state index contributed by atoms with van der Waals surface area (Å²) in [5.74, 6) is 1.90. The van der Waals surface area contributed by atoms with Crippen molar-refractivity contribution in [2.75, 3.05) is 38.2 Å². The Balaban J connectivity index is 1.33. The van der Waals surface area contributed by atoms with E-state index in [1.165, 1.54) is 5.56 Å². The molecule has 5 heteroatoms. The predicted molar refractivity (Wildman–Crippen MR) is 132 cm³/mol. The third kappa shape index (κ3) is 4.52. The predicted octanol–water partition coefficient (Wildman–Crippen LogP) is 5.10. The second-order valence-electron chi connectivity index (χ2n) is 8.35. The van der Waals surface area contributed by atoms with Gasteiger partial charge in [0.05, 0.1) is 24.3 Å². The summed E-state index contributed by atoms with van der Waals surface area (Å²) in [5.41, 5.74) is 5.02. The first-order valence-electron chi connectivity index (χ1n) is 11.2. The minimum atomic E-state index is 0.661. The van der Waals surface area contributed by atoms with Gasteiger partial charge in [-0.3, -0.25) is 4.90 Å². The molecular formula is C28H26N4O. The lowest BCUT2D eigenvalue weighted by molar-refractivity contribution is 0.249. The zero-order valence-electron chi connectivity index (χ0n) is 18.7. The topological polar surface area (TPSA) is 52.4 Å². The number of pyridine rings is 1. The van der Waals surface area contributed by atoms with Gasteiger partial charge in [0.15, 0.2) is 0 Å². The number of hydrogen-bond donors (Lipinski definition) is 0. The molecule has 4 aromatic rings. The van der Waals surface area contributed by atoms with Crippen molar-refractivity contribution in [1.29, 1.82) is 5.26 Å². The van der Waals surface area contributed by atoms with Crippen LogP contribution in [0.4, 0.5) is 5.82 Å². The third-order valence-electron chi connectivity index (χ3n) is 6.27. The molecule has 1 saturated heterocycles. The number of aromatic nitrogens is 1. The van der Waals surface area contributed by atoms with Crippen LogP contribution in [0, 0.1) is 11.3 Å². The van der Waals surface area contributed by atoms with Crippen molar-refractivity contribution in [2.24, 2.45) is 0 Å². The number of fused-ring (bicyclic) bond motifs is 1. The Bertz CT molecular complexity index is 1300. The lowest BCUT2D eigenvalue weighted by atomic mass is 10.0. The molecule has 1 fully saturated rings. The Morgan fingerprint density at radius 1 is 0.909 bits per heavy atom. The molecule has 0 N–H and O–H groups in total. The van der Waals surface area contributed by atoms with E-state index >= 15 is 0 Å². The first-order chi connectivity index (χ1) is 16.2. The highest BCUT2D eigenvalue weighted by Crippen LogP contribution is 2.30. The standard InChI is InChI=1S/C28H26N4O/c1-33-25-11-8-21(9-12-25)20-31-14-16-32(17-15-31)27-13-10-23-5-3-7-26(28(23)30-27)24-6-2-4-22(18-24)19-29/h2-13,18H,14-17,20H2,1H3. The minimum absolute atomic E-state index is 0.661. The summed E-state index contributed by atoms with van der Waals surface area (Å²) in [6.45, 7) is 4.83. The SMILES string of the molecule is COc1ccc(CN2CCN(c3ccc4cccc(-c5cccc(C#N)c5)c4n3)CC2)cc1. The first-order valence-corrected chi connectivity index (χ1v) is 11.2. The molecule has 0 bridgehead atoms. The van der Waals surface area contributed by atoms with Gasteiger partial charge in [-0.25, -0.2) is 4.98 Å². The number of methoxy groups -OCH3 is 1. The van der Waals surface area contributed by atoms with Crippen LogP contribution in [-0.4, -0.2) is 43.2 Å². The number of nitriles is 1. The fraction of sp³-hybridized carbons (Fsp3) is 0.214. The normalized spacial score (nSPS) is 14.2. The second kappa shape index (κ2) is 9.32. The summed E-state index contributed by atoms with van der Waals surface area (Å²) in [6.07, 6.45) is 0. The quantitative estimate of drug-likeness (QED) is 0.437. The fourth-order valence-electron chi connectivity index (χ4n) is 4.43. The molecule has 1 aliphatic heterocycles. The van der Waals surface area contributed by atoms with E-state index in [2.05, 4.69) is 58.3 Å². The van der Waals surface area contributed by atoms with Gasteiger partial charge >= 0.3 is 0 Å². The van der Waals surface area contributed by atoms with Crippen LogP contribution in [0.5, 0.6) is 5.75 Å². The van der Waals surface area contributed by atoms with Crippen LogP contribution in [0.15, 0.2) is 78.9 Å². The van der Waals surface area contributed by atoms with Crippen LogP contribution in [0.25, 0.3) is 22.0 Å². The molecule has 164 valence electrons. The molecule has 1 aromatic heterocycles. The van der Waals surface area contributed by atoms with Crippen molar-refractivity contribution in [3.8, 4) is 22.9 Å². The number of hydrogen-bond acceptors (Lipinski definition) is 5. The fourth-order valence-corrected chi connectivity index (χ4v) is 4.43. The Labute approximate surface area is 194 Å². The van der Waals surface area contributed by atoms with Gasteiger partial charge in [0.25, 0.3) is 0 Å². The average Bonchev–Trinajstić information content (AvgIpc) is 2.89. The molecule has 5 rings (SSSR count). The molecule has 0 radical (unpaired) electrons. The van der Waals surface area contributed by atoms with Crippen molar-refractivity contribution in [2.45, 2.75) is 6.54 Å². The number of anilines is 1. The number of rotatable bonds is 5. The molecule has 0 amide bonds. The van der Waals surface area contributed by atoms with E-state index in [1.54, 1.807) is 7.11 Å². The number of ether oxygens (including phenoxy) is 1. The Kier molecular flexibility index (Phi) is 5.93. The summed E-state index contributed by atoms with van der Waals surface area (Å²) in [5, 5.41) is 10.4. The number of para-hydroxylation sites is 1. The van der Waals surface area contributed by atoms with E-state index in [9.17, 15) is 5.26 Å². The number of nitrogens with zero attached hydrogens (tertiary/aromatic N) is 4. The highest BCUT2D eigenvalue weighted by molar-refractivity contribution is 5.94. The van der Waals surface area contributed by atoms with Crippen LogP contribution in [0.3, 0.4) is 0 Å². The highest BCUT2D eigenvalue weighted by Gasteiger charge is 2.19. The molecule has 0 spiro atoms. The molecule has 0 saturated carbocycles.